The van der Waals surface area contributed by atoms with E-state index in [4.69, 9.17) is 0 Å². The zero-order valence-electron chi connectivity index (χ0n) is 31.5. The molecule has 1 heterocycles. The maximum Gasteiger partial charge on any atom is 0.0714 e. The molecule has 9 aromatic rings. The lowest BCUT2D eigenvalue weighted by Gasteiger charge is -2.36. The maximum absolute atomic E-state index is 2.63. The summed E-state index contributed by atoms with van der Waals surface area (Å²) >= 11 is 0. The van der Waals surface area contributed by atoms with Crippen molar-refractivity contribution < 1.29 is 0 Å². The molecule has 2 aliphatic carbocycles. The van der Waals surface area contributed by atoms with Gasteiger partial charge in [0, 0.05) is 38.6 Å². The van der Waals surface area contributed by atoms with Gasteiger partial charge in [0.05, 0.1) is 17.0 Å². The van der Waals surface area contributed by atoms with E-state index in [2.05, 4.69) is 234 Å². The van der Waals surface area contributed by atoms with Gasteiger partial charge in [-0.3, -0.25) is 0 Å². The Morgan fingerprint density at radius 2 is 1.11 bits per heavy atom. The lowest BCUT2D eigenvalue weighted by atomic mass is 9.68. The summed E-state index contributed by atoms with van der Waals surface area (Å²) < 4.78 is 2.43. The molecule has 0 saturated heterocycles. The summed E-state index contributed by atoms with van der Waals surface area (Å²) in [5.74, 6) is 0. The summed E-state index contributed by atoms with van der Waals surface area (Å²) in [6.45, 7) is 0. The Bertz CT molecular complexity index is 3000. The number of fused-ring (bicyclic) bond motifs is 6. The van der Waals surface area contributed by atoms with Crippen LogP contribution < -0.4 is 15.5 Å². The topological polar surface area (TPSA) is 8.17 Å². The second-order valence-corrected chi connectivity index (χ2v) is 15.2. The smallest absolute Gasteiger partial charge is 0.0714 e. The summed E-state index contributed by atoms with van der Waals surface area (Å²) in [5, 5.41) is 3.81. The van der Waals surface area contributed by atoms with Crippen molar-refractivity contribution in [3.8, 4) is 27.9 Å². The average molecular weight is 729 g/mol. The van der Waals surface area contributed by atoms with Gasteiger partial charge in [-0.1, -0.05) is 188 Å². The standard InChI is InChI=1S/C55H40N2/c1-5-19-39(20-6-1)40-21-17-28-44(37-40)56(45-35-36-52-48(38-45)46-29-14-16-33-51(46)57(52)43-26-11-4-12-27-43)53-34-18-32-50-54(53)47-30-13-15-31-49(47)55(50,41-22-7-2-8-23-41)42-24-9-3-10-25-42/h1-34,36-38,45H,35H2. The first kappa shape index (κ1) is 33.2. The van der Waals surface area contributed by atoms with Gasteiger partial charge in [0.15, 0.2) is 0 Å². The van der Waals surface area contributed by atoms with Gasteiger partial charge in [0.1, 0.15) is 0 Å². The summed E-state index contributed by atoms with van der Waals surface area (Å²) in [7, 11) is 0. The van der Waals surface area contributed by atoms with E-state index in [0.717, 1.165) is 6.42 Å². The number of rotatable bonds is 7. The van der Waals surface area contributed by atoms with Crippen LogP contribution in [0.15, 0.2) is 212 Å². The number of aromatic nitrogens is 1. The van der Waals surface area contributed by atoms with Crippen LogP contribution in [-0.4, -0.2) is 10.6 Å². The molecule has 270 valence electrons. The van der Waals surface area contributed by atoms with Crippen LogP contribution in [0.1, 0.15) is 28.7 Å². The number of benzene rings is 8. The van der Waals surface area contributed by atoms with Gasteiger partial charge in [-0.25, -0.2) is 0 Å². The van der Waals surface area contributed by atoms with Crippen molar-refractivity contribution in [2.45, 2.75) is 17.9 Å². The Morgan fingerprint density at radius 3 is 1.86 bits per heavy atom. The number of hydrogen-bond acceptors (Lipinski definition) is 1. The molecule has 0 N–H and O–H groups in total. The predicted octanol–water partition coefficient (Wildman–Crippen LogP) is 11.8. The first-order valence-electron chi connectivity index (χ1n) is 20.0. The van der Waals surface area contributed by atoms with Gasteiger partial charge in [0.25, 0.3) is 0 Å². The van der Waals surface area contributed by atoms with Gasteiger partial charge >= 0.3 is 0 Å². The normalized spacial score (nSPS) is 14.8. The van der Waals surface area contributed by atoms with Gasteiger partial charge < -0.3 is 9.47 Å². The predicted molar refractivity (Wildman–Crippen MR) is 238 cm³/mol. The molecule has 0 aliphatic heterocycles. The van der Waals surface area contributed by atoms with Gasteiger partial charge in [-0.2, -0.15) is 0 Å². The summed E-state index contributed by atoms with van der Waals surface area (Å²) in [5.41, 5.74) is 14.5. The Morgan fingerprint density at radius 1 is 0.509 bits per heavy atom. The van der Waals surface area contributed by atoms with E-state index < -0.39 is 5.41 Å². The molecule has 0 amide bonds. The van der Waals surface area contributed by atoms with Gasteiger partial charge in [-0.15, -0.1) is 0 Å². The van der Waals surface area contributed by atoms with E-state index in [1.165, 1.54) is 83.0 Å². The Labute approximate surface area is 333 Å². The molecular formula is C55H40N2. The first-order chi connectivity index (χ1) is 28.3. The molecule has 1 aromatic heterocycles. The van der Waals surface area contributed by atoms with Crippen LogP contribution in [0.5, 0.6) is 0 Å². The lowest BCUT2D eigenvalue weighted by molar-refractivity contribution is 0.767. The van der Waals surface area contributed by atoms with Crippen molar-refractivity contribution in [3.05, 3.63) is 245 Å². The van der Waals surface area contributed by atoms with E-state index in [-0.39, 0.29) is 6.04 Å². The fourth-order valence-electron chi connectivity index (χ4n) is 9.84. The molecule has 2 heteroatoms. The number of hydrogen-bond donors (Lipinski definition) is 0. The number of anilines is 2. The molecule has 0 spiro atoms. The van der Waals surface area contributed by atoms with Crippen LogP contribution in [0.2, 0.25) is 0 Å². The highest BCUT2D eigenvalue weighted by Crippen LogP contribution is 2.59. The maximum atomic E-state index is 2.63. The molecular weight excluding hydrogens is 689 g/mol. The molecule has 0 bridgehead atoms. The minimum Gasteiger partial charge on any atom is -0.334 e. The quantitative estimate of drug-likeness (QED) is 0.159. The van der Waals surface area contributed by atoms with E-state index in [1.807, 2.05) is 0 Å². The Kier molecular flexibility index (Phi) is 7.89. The second-order valence-electron chi connectivity index (χ2n) is 15.2. The van der Waals surface area contributed by atoms with Crippen LogP contribution in [-0.2, 0) is 5.41 Å². The van der Waals surface area contributed by atoms with E-state index in [1.54, 1.807) is 0 Å². The third kappa shape index (κ3) is 5.18. The van der Waals surface area contributed by atoms with Crippen LogP contribution in [0.25, 0.3) is 51.0 Å². The van der Waals surface area contributed by atoms with Gasteiger partial charge in [-0.05, 0) is 81.8 Å². The number of para-hydroxylation sites is 2. The molecule has 1 atom stereocenters. The first-order valence-corrected chi connectivity index (χ1v) is 20.0. The summed E-state index contributed by atoms with van der Waals surface area (Å²) in [6, 6.07) is 77.9. The van der Waals surface area contributed by atoms with E-state index >= 15 is 0 Å². The SMILES string of the molecule is C1=c2c(n(-c3ccccc3)c3ccccc23)=CCC1N(c1cccc(-c2ccccc2)c1)c1cccc2c1-c1ccccc1C2(c1ccccc1)c1ccccc1. The molecule has 0 saturated carbocycles. The van der Waals surface area contributed by atoms with Crippen molar-refractivity contribution in [1.29, 1.82) is 0 Å². The average Bonchev–Trinajstić information content (AvgIpc) is 3.79. The van der Waals surface area contributed by atoms with E-state index in [9.17, 15) is 0 Å². The molecule has 1 unspecified atom stereocenters. The van der Waals surface area contributed by atoms with Crippen LogP contribution >= 0.6 is 0 Å². The van der Waals surface area contributed by atoms with Crippen molar-refractivity contribution in [1.82, 2.24) is 4.57 Å². The molecule has 8 aromatic carbocycles. The molecule has 2 aliphatic rings. The van der Waals surface area contributed by atoms with Crippen LogP contribution in [0.4, 0.5) is 11.4 Å². The highest BCUT2D eigenvalue weighted by Gasteiger charge is 2.47. The zero-order chi connectivity index (χ0) is 37.8. The minimum atomic E-state index is -0.485. The highest BCUT2D eigenvalue weighted by atomic mass is 15.2. The molecule has 11 rings (SSSR count). The van der Waals surface area contributed by atoms with E-state index in [0.29, 0.717) is 0 Å². The Hall–Kier alpha value is -7.16. The van der Waals surface area contributed by atoms with Crippen molar-refractivity contribution in [3.63, 3.8) is 0 Å². The van der Waals surface area contributed by atoms with Crippen LogP contribution in [0.3, 0.4) is 0 Å². The lowest BCUT2D eigenvalue weighted by Crippen LogP contribution is -2.39. The molecule has 0 radical (unpaired) electrons. The number of nitrogens with zero attached hydrogens (tertiary/aromatic N) is 2. The third-order valence-electron chi connectivity index (χ3n) is 12.2. The summed E-state index contributed by atoms with van der Waals surface area (Å²) in [4.78, 5) is 2.63. The van der Waals surface area contributed by atoms with Crippen LogP contribution in [0, 0.1) is 0 Å². The molecule has 0 fully saturated rings. The highest BCUT2D eigenvalue weighted by molar-refractivity contribution is 5.96. The van der Waals surface area contributed by atoms with Crippen molar-refractivity contribution >= 4 is 34.4 Å². The molecule has 57 heavy (non-hydrogen) atoms. The molecule has 2 nitrogen and oxygen atoms in total. The monoisotopic (exact) mass is 728 g/mol. The summed E-state index contributed by atoms with van der Waals surface area (Å²) in [6.07, 6.45) is 5.85. The van der Waals surface area contributed by atoms with Gasteiger partial charge in [0.2, 0.25) is 0 Å². The third-order valence-corrected chi connectivity index (χ3v) is 12.2. The van der Waals surface area contributed by atoms with Crippen molar-refractivity contribution in [2.75, 3.05) is 4.90 Å². The van der Waals surface area contributed by atoms with Crippen molar-refractivity contribution in [2.24, 2.45) is 0 Å². The minimum absolute atomic E-state index is 0.0423. The Balaban J connectivity index is 1.20. The zero-order valence-corrected chi connectivity index (χ0v) is 31.5. The largest absolute Gasteiger partial charge is 0.334 e. The fraction of sp³-hybridized carbons (Fsp3) is 0.0545. The second kappa shape index (κ2) is 13.5. The fourth-order valence-corrected chi connectivity index (χ4v) is 9.84.